The first-order valence-corrected chi connectivity index (χ1v) is 5.37. The number of terminal acetylenes is 1. The highest BCUT2D eigenvalue weighted by Crippen LogP contribution is 2.36. The molecule has 0 spiro atoms. The molecule has 0 aliphatic rings. The summed E-state index contributed by atoms with van der Waals surface area (Å²) in [7, 11) is 1.52. The number of benzene rings is 1. The summed E-state index contributed by atoms with van der Waals surface area (Å²) in [6.07, 6.45) is 1.22. The molecule has 1 aromatic rings. The van der Waals surface area contributed by atoms with Gasteiger partial charge >= 0.3 is 6.18 Å². The summed E-state index contributed by atoms with van der Waals surface area (Å²) in [5.74, 6) is 1.66. The first-order chi connectivity index (χ1) is 8.40. The van der Waals surface area contributed by atoms with Crippen LogP contribution >= 0.6 is 0 Å². The van der Waals surface area contributed by atoms with Crippen molar-refractivity contribution in [3.8, 4) is 12.3 Å². The Morgan fingerprint density at radius 3 is 2.56 bits per heavy atom. The second-order valence-corrected chi connectivity index (χ2v) is 3.81. The fourth-order valence-electron chi connectivity index (χ4n) is 1.76. The lowest BCUT2D eigenvalue weighted by molar-refractivity contribution is -0.138. The van der Waals surface area contributed by atoms with Crippen LogP contribution in [0.1, 0.15) is 30.0 Å². The average Bonchev–Trinajstić information content (AvgIpc) is 2.28. The molecular formula is C13H13F4N. The van der Waals surface area contributed by atoms with Crippen molar-refractivity contribution in [1.82, 2.24) is 5.32 Å². The summed E-state index contributed by atoms with van der Waals surface area (Å²) in [6, 6.07) is 1.85. The molecule has 1 aromatic carbocycles. The van der Waals surface area contributed by atoms with Gasteiger partial charge in [-0.15, -0.1) is 12.3 Å². The molecule has 0 amide bonds. The van der Waals surface area contributed by atoms with Gasteiger partial charge < -0.3 is 5.32 Å². The topological polar surface area (TPSA) is 12.0 Å². The predicted molar refractivity (Wildman–Crippen MR) is 61.3 cm³/mol. The van der Waals surface area contributed by atoms with Crippen molar-refractivity contribution in [2.24, 2.45) is 0 Å². The molecule has 0 bridgehead atoms. The minimum Gasteiger partial charge on any atom is -0.313 e. The van der Waals surface area contributed by atoms with Crippen molar-refractivity contribution in [2.45, 2.75) is 25.1 Å². The van der Waals surface area contributed by atoms with Gasteiger partial charge in [0.15, 0.2) is 0 Å². The van der Waals surface area contributed by atoms with Crippen LogP contribution in [0.15, 0.2) is 18.2 Å². The highest BCUT2D eigenvalue weighted by Gasteiger charge is 2.35. The maximum Gasteiger partial charge on any atom is 0.416 e. The first kappa shape index (κ1) is 14.5. The van der Waals surface area contributed by atoms with Gasteiger partial charge in [-0.25, -0.2) is 4.39 Å². The Morgan fingerprint density at radius 1 is 1.39 bits per heavy atom. The van der Waals surface area contributed by atoms with Crippen molar-refractivity contribution in [1.29, 1.82) is 0 Å². The molecule has 1 N–H and O–H groups in total. The zero-order chi connectivity index (χ0) is 13.8. The largest absolute Gasteiger partial charge is 0.416 e. The third-order valence-electron chi connectivity index (χ3n) is 2.62. The van der Waals surface area contributed by atoms with E-state index in [0.717, 1.165) is 18.2 Å². The van der Waals surface area contributed by atoms with Crippen LogP contribution in [0, 0.1) is 18.2 Å². The van der Waals surface area contributed by atoms with Crippen molar-refractivity contribution in [2.75, 3.05) is 7.05 Å². The molecule has 98 valence electrons. The SMILES string of the molecule is C#CCCC(NC)c1cc(F)ccc1C(F)(F)F. The fourth-order valence-corrected chi connectivity index (χ4v) is 1.76. The van der Waals surface area contributed by atoms with Gasteiger partial charge in [0, 0.05) is 12.5 Å². The molecule has 1 atom stereocenters. The third kappa shape index (κ3) is 3.47. The molecule has 0 aliphatic heterocycles. The van der Waals surface area contributed by atoms with Gasteiger partial charge in [-0.05, 0) is 37.2 Å². The number of rotatable bonds is 4. The Labute approximate surface area is 103 Å². The molecular weight excluding hydrogens is 246 g/mol. The summed E-state index contributed by atoms with van der Waals surface area (Å²) in [4.78, 5) is 0. The van der Waals surface area contributed by atoms with E-state index >= 15 is 0 Å². The van der Waals surface area contributed by atoms with E-state index in [1.807, 2.05) is 0 Å². The van der Waals surface area contributed by atoms with Crippen LogP contribution in [-0.2, 0) is 6.18 Å². The lowest BCUT2D eigenvalue weighted by atomic mass is 9.96. The number of halogens is 4. The van der Waals surface area contributed by atoms with Gasteiger partial charge in [-0.1, -0.05) is 0 Å². The maximum atomic E-state index is 13.1. The van der Waals surface area contributed by atoms with E-state index in [0.29, 0.717) is 12.8 Å². The van der Waals surface area contributed by atoms with Crippen LogP contribution in [0.25, 0.3) is 0 Å². The van der Waals surface area contributed by atoms with E-state index in [-0.39, 0.29) is 5.56 Å². The zero-order valence-corrected chi connectivity index (χ0v) is 9.81. The first-order valence-electron chi connectivity index (χ1n) is 5.37. The van der Waals surface area contributed by atoms with E-state index in [1.54, 1.807) is 0 Å². The molecule has 0 heterocycles. The number of nitrogens with one attached hydrogen (secondary N) is 1. The second kappa shape index (κ2) is 5.87. The number of alkyl halides is 3. The van der Waals surface area contributed by atoms with Crippen molar-refractivity contribution in [3.63, 3.8) is 0 Å². The third-order valence-corrected chi connectivity index (χ3v) is 2.62. The van der Waals surface area contributed by atoms with Crippen molar-refractivity contribution >= 4 is 0 Å². The molecule has 0 fully saturated rings. The Balaban J connectivity index is 3.19. The van der Waals surface area contributed by atoms with Crippen molar-refractivity contribution < 1.29 is 17.6 Å². The minimum absolute atomic E-state index is 0.111. The lowest BCUT2D eigenvalue weighted by Crippen LogP contribution is -2.21. The Hall–Kier alpha value is -1.54. The molecule has 0 aromatic heterocycles. The summed E-state index contributed by atoms with van der Waals surface area (Å²) in [5.41, 5.74) is -0.944. The van der Waals surface area contributed by atoms with Gasteiger partial charge in [0.05, 0.1) is 5.56 Å². The highest BCUT2D eigenvalue weighted by atomic mass is 19.4. The highest BCUT2D eigenvalue weighted by molar-refractivity contribution is 5.33. The maximum absolute atomic E-state index is 13.1. The number of hydrogen-bond donors (Lipinski definition) is 1. The summed E-state index contributed by atoms with van der Waals surface area (Å²) < 4.78 is 51.5. The molecule has 18 heavy (non-hydrogen) atoms. The molecule has 1 unspecified atom stereocenters. The molecule has 1 rings (SSSR count). The van der Waals surface area contributed by atoms with E-state index in [4.69, 9.17) is 6.42 Å². The number of hydrogen-bond acceptors (Lipinski definition) is 1. The van der Waals surface area contributed by atoms with Gasteiger partial charge in [0.2, 0.25) is 0 Å². The van der Waals surface area contributed by atoms with E-state index < -0.39 is 23.6 Å². The van der Waals surface area contributed by atoms with E-state index in [9.17, 15) is 17.6 Å². The minimum atomic E-state index is -4.51. The van der Waals surface area contributed by atoms with Crippen LogP contribution in [-0.4, -0.2) is 7.05 Å². The predicted octanol–water partition coefficient (Wildman–Crippen LogP) is 3.52. The van der Waals surface area contributed by atoms with Crippen LogP contribution in [0.5, 0.6) is 0 Å². The van der Waals surface area contributed by atoms with Crippen LogP contribution in [0.2, 0.25) is 0 Å². The quantitative estimate of drug-likeness (QED) is 0.644. The molecule has 5 heteroatoms. The Bertz CT molecular complexity index is 445. The average molecular weight is 259 g/mol. The molecule has 0 aliphatic carbocycles. The van der Waals surface area contributed by atoms with Crippen LogP contribution in [0.4, 0.5) is 17.6 Å². The summed E-state index contributed by atoms with van der Waals surface area (Å²) in [6.45, 7) is 0. The molecule has 0 saturated carbocycles. The zero-order valence-electron chi connectivity index (χ0n) is 9.81. The standard InChI is InChI=1S/C13H13F4N/c1-3-4-5-12(18-2)10-8-9(14)6-7-11(10)13(15,16)17/h1,6-8,12,18H,4-5H2,2H3. The fraction of sp³-hybridized carbons (Fsp3) is 0.385. The molecule has 0 radical (unpaired) electrons. The van der Waals surface area contributed by atoms with Crippen LogP contribution < -0.4 is 5.32 Å². The van der Waals surface area contributed by atoms with Crippen molar-refractivity contribution in [3.05, 3.63) is 35.1 Å². The second-order valence-electron chi connectivity index (χ2n) is 3.81. The lowest BCUT2D eigenvalue weighted by Gasteiger charge is -2.20. The summed E-state index contributed by atoms with van der Waals surface area (Å²) >= 11 is 0. The summed E-state index contributed by atoms with van der Waals surface area (Å²) in [5, 5.41) is 2.73. The Kier molecular flexibility index (Phi) is 4.74. The normalized spacial score (nSPS) is 13.1. The molecule has 1 nitrogen and oxygen atoms in total. The van der Waals surface area contributed by atoms with Gasteiger partial charge in [-0.2, -0.15) is 13.2 Å². The Morgan fingerprint density at radius 2 is 2.06 bits per heavy atom. The van der Waals surface area contributed by atoms with Gasteiger partial charge in [0.1, 0.15) is 5.82 Å². The van der Waals surface area contributed by atoms with E-state index in [2.05, 4.69) is 11.2 Å². The smallest absolute Gasteiger partial charge is 0.313 e. The molecule has 0 saturated heterocycles. The van der Waals surface area contributed by atoms with E-state index in [1.165, 1.54) is 7.05 Å². The van der Waals surface area contributed by atoms with Crippen LogP contribution in [0.3, 0.4) is 0 Å². The monoisotopic (exact) mass is 259 g/mol. The van der Waals surface area contributed by atoms with Gasteiger partial charge in [0.25, 0.3) is 0 Å². The van der Waals surface area contributed by atoms with Gasteiger partial charge in [-0.3, -0.25) is 0 Å².